The van der Waals surface area contributed by atoms with Gasteiger partial charge in [-0.15, -0.1) is 17.8 Å². The molecule has 190 valence electrons. The van der Waals surface area contributed by atoms with Gasteiger partial charge in [-0.3, -0.25) is 4.79 Å². The number of nitrogens with two attached hydrogens (primary N) is 1. The van der Waals surface area contributed by atoms with E-state index in [1.54, 1.807) is 17.4 Å². The van der Waals surface area contributed by atoms with Crippen LogP contribution in [-0.2, 0) is 19.5 Å². The lowest BCUT2D eigenvalue weighted by Crippen LogP contribution is -2.24. The van der Waals surface area contributed by atoms with Crippen LogP contribution in [0.15, 0.2) is 55.0 Å². The molecule has 4 N–H and O–H groups in total. The minimum atomic E-state index is -0.977. The molecule has 10 heteroatoms. The summed E-state index contributed by atoms with van der Waals surface area (Å²) in [5, 5.41) is 5.93. The van der Waals surface area contributed by atoms with Crippen LogP contribution in [0.1, 0.15) is 48.4 Å². The Morgan fingerprint density at radius 2 is 2.00 bits per heavy atom. The second-order valence-corrected chi connectivity index (χ2v) is 9.85. The largest absolute Gasteiger partial charge is 0.383 e. The molecule has 0 unspecified atom stereocenters. The van der Waals surface area contributed by atoms with Crippen LogP contribution in [0.4, 0.5) is 20.4 Å². The van der Waals surface area contributed by atoms with E-state index in [0.29, 0.717) is 29.3 Å². The molecule has 0 spiro atoms. The molecule has 1 aliphatic carbocycles. The Morgan fingerprint density at radius 1 is 1.13 bits per heavy atom. The summed E-state index contributed by atoms with van der Waals surface area (Å²) in [6.07, 6.45) is 13.3. The number of hydrogen-bond donors (Lipinski definition) is 3. The molecule has 0 bridgehead atoms. The van der Waals surface area contributed by atoms with E-state index in [9.17, 15) is 13.6 Å². The van der Waals surface area contributed by atoms with Crippen LogP contribution < -0.4 is 16.4 Å². The Balaban J connectivity index is 1.27. The van der Waals surface area contributed by atoms with Gasteiger partial charge in [0.05, 0.1) is 17.8 Å². The number of halogens is 2. The molecule has 1 aliphatic rings. The SMILES string of the molecule is C#Cc1cnc(NCc2ccc([C@@H]3C=Cc4ncnc(N)c4C3)s2)c(C(=O)NCc2ccc(F)c(F)c2)c1. The van der Waals surface area contributed by atoms with Crippen molar-refractivity contribution in [2.24, 2.45) is 0 Å². The molecule has 5 rings (SSSR count). The maximum atomic E-state index is 13.5. The Labute approximate surface area is 221 Å². The first-order chi connectivity index (χ1) is 18.4. The summed E-state index contributed by atoms with van der Waals surface area (Å²) in [6, 6.07) is 9.13. The van der Waals surface area contributed by atoms with Gasteiger partial charge in [-0.1, -0.05) is 18.1 Å². The van der Waals surface area contributed by atoms with Gasteiger partial charge in [-0.2, -0.15) is 0 Å². The average molecular weight is 529 g/mol. The van der Waals surface area contributed by atoms with Crippen LogP contribution >= 0.6 is 11.3 Å². The van der Waals surface area contributed by atoms with Crippen LogP contribution in [0.25, 0.3) is 6.08 Å². The molecule has 0 aliphatic heterocycles. The summed E-state index contributed by atoms with van der Waals surface area (Å²) in [4.78, 5) is 27.9. The van der Waals surface area contributed by atoms with Gasteiger partial charge in [0.15, 0.2) is 11.6 Å². The van der Waals surface area contributed by atoms with Gasteiger partial charge >= 0.3 is 0 Å². The summed E-state index contributed by atoms with van der Waals surface area (Å²) in [7, 11) is 0. The third-order valence-corrected chi connectivity index (χ3v) is 7.35. The van der Waals surface area contributed by atoms with Crippen LogP contribution in [0.3, 0.4) is 0 Å². The Bertz CT molecular complexity index is 1590. The number of rotatable bonds is 7. The molecule has 0 saturated heterocycles. The van der Waals surface area contributed by atoms with Gasteiger partial charge in [0.1, 0.15) is 18.0 Å². The first kappa shape index (κ1) is 25.0. The summed E-state index contributed by atoms with van der Waals surface area (Å²) >= 11 is 1.65. The topological polar surface area (TPSA) is 106 Å². The van der Waals surface area contributed by atoms with E-state index in [1.807, 2.05) is 12.1 Å². The third kappa shape index (κ3) is 5.38. The van der Waals surface area contributed by atoms with Crippen LogP contribution in [0.5, 0.6) is 0 Å². The van der Waals surface area contributed by atoms with E-state index in [2.05, 4.69) is 43.6 Å². The quantitative estimate of drug-likeness (QED) is 0.301. The summed E-state index contributed by atoms with van der Waals surface area (Å²) < 4.78 is 26.7. The fourth-order valence-corrected chi connectivity index (χ4v) is 5.16. The molecule has 0 fully saturated rings. The van der Waals surface area contributed by atoms with Crippen LogP contribution in [0.2, 0.25) is 0 Å². The molecule has 38 heavy (non-hydrogen) atoms. The second-order valence-electron chi connectivity index (χ2n) is 8.65. The first-order valence-electron chi connectivity index (χ1n) is 11.7. The summed E-state index contributed by atoms with van der Waals surface area (Å²) in [6.45, 7) is 0.451. The number of thiophene rings is 1. The molecule has 1 aromatic carbocycles. The standard InChI is InChI=1S/C28H22F2N6OS/c1-2-16-9-21(28(37)34-13-17-3-6-22(29)23(30)10-17)27(32-12-16)33-14-19-5-8-25(38-19)18-4-7-24-20(11-18)26(31)36-15-35-24/h1,3-10,12,15,18H,11,13-14H2,(H,32,33)(H,34,37)(H2,31,35,36)/t18-/m1/s1. The van der Waals surface area contributed by atoms with Crippen molar-refractivity contribution in [1.29, 1.82) is 0 Å². The second kappa shape index (κ2) is 10.8. The van der Waals surface area contributed by atoms with Crippen molar-refractivity contribution in [1.82, 2.24) is 20.3 Å². The third-order valence-electron chi connectivity index (χ3n) is 6.14. The molecule has 4 aromatic rings. The first-order valence-corrected chi connectivity index (χ1v) is 12.5. The number of allylic oxidation sites excluding steroid dienone is 1. The number of terminal acetylenes is 1. The van der Waals surface area contributed by atoms with E-state index < -0.39 is 17.5 Å². The minimum absolute atomic E-state index is 0.0115. The van der Waals surface area contributed by atoms with Crippen LogP contribution in [-0.4, -0.2) is 20.9 Å². The molecule has 0 radical (unpaired) electrons. The number of nitrogens with zero attached hydrogens (tertiary/aromatic N) is 3. The zero-order valence-corrected chi connectivity index (χ0v) is 20.9. The van der Waals surface area contributed by atoms with Crippen molar-refractivity contribution in [3.05, 3.63) is 104 Å². The number of nitrogens with one attached hydrogen (secondary N) is 2. The normalized spacial score (nSPS) is 14.0. The van der Waals surface area contributed by atoms with Crippen molar-refractivity contribution in [2.75, 3.05) is 11.1 Å². The molecular weight excluding hydrogens is 506 g/mol. The highest BCUT2D eigenvalue weighted by Crippen LogP contribution is 2.35. The molecule has 1 amide bonds. The number of anilines is 2. The minimum Gasteiger partial charge on any atom is -0.383 e. The van der Waals surface area contributed by atoms with Gasteiger partial charge in [0.2, 0.25) is 0 Å². The number of fused-ring (bicyclic) bond motifs is 1. The number of carbonyl (C=O) groups excluding carboxylic acids is 1. The van der Waals surface area contributed by atoms with E-state index in [1.165, 1.54) is 23.5 Å². The lowest BCUT2D eigenvalue weighted by Gasteiger charge is -2.18. The molecule has 3 aromatic heterocycles. The Kier molecular flexibility index (Phi) is 7.11. The van der Waals surface area contributed by atoms with Crippen molar-refractivity contribution in [2.45, 2.75) is 25.4 Å². The molecular formula is C28H22F2N6OS. The van der Waals surface area contributed by atoms with Crippen molar-refractivity contribution in [3.63, 3.8) is 0 Å². The Hall–Kier alpha value is -4.62. The zero-order chi connectivity index (χ0) is 26.6. The predicted molar refractivity (Wildman–Crippen MR) is 143 cm³/mol. The number of hydrogen-bond acceptors (Lipinski definition) is 7. The molecule has 1 atom stereocenters. The summed E-state index contributed by atoms with van der Waals surface area (Å²) in [5.41, 5.74) is 8.97. The van der Waals surface area contributed by atoms with E-state index in [4.69, 9.17) is 12.2 Å². The van der Waals surface area contributed by atoms with E-state index in [0.717, 1.165) is 34.7 Å². The Morgan fingerprint density at radius 3 is 2.82 bits per heavy atom. The highest BCUT2D eigenvalue weighted by Gasteiger charge is 2.21. The highest BCUT2D eigenvalue weighted by molar-refractivity contribution is 7.12. The van der Waals surface area contributed by atoms with Crippen LogP contribution in [0, 0.1) is 24.0 Å². The number of benzene rings is 1. The molecule has 7 nitrogen and oxygen atoms in total. The fraction of sp³-hybridized carbons (Fsp3) is 0.143. The monoisotopic (exact) mass is 528 g/mol. The zero-order valence-electron chi connectivity index (χ0n) is 20.0. The highest BCUT2D eigenvalue weighted by atomic mass is 32.1. The number of aromatic nitrogens is 3. The van der Waals surface area contributed by atoms with Gasteiger partial charge in [-0.05, 0) is 48.4 Å². The van der Waals surface area contributed by atoms with Gasteiger partial charge in [0, 0.05) is 39.5 Å². The van der Waals surface area contributed by atoms with Crippen molar-refractivity contribution in [3.8, 4) is 12.3 Å². The predicted octanol–water partition coefficient (Wildman–Crippen LogP) is 4.67. The van der Waals surface area contributed by atoms with Gasteiger partial charge in [0.25, 0.3) is 5.91 Å². The number of carbonyl (C=O) groups is 1. The van der Waals surface area contributed by atoms with E-state index >= 15 is 0 Å². The maximum absolute atomic E-state index is 13.5. The lowest BCUT2D eigenvalue weighted by molar-refractivity contribution is 0.0951. The number of pyridine rings is 1. The van der Waals surface area contributed by atoms with Gasteiger partial charge in [-0.25, -0.2) is 23.7 Å². The average Bonchev–Trinajstić information content (AvgIpc) is 3.41. The van der Waals surface area contributed by atoms with E-state index in [-0.39, 0.29) is 18.0 Å². The lowest BCUT2D eigenvalue weighted by atomic mass is 9.91. The smallest absolute Gasteiger partial charge is 0.255 e. The summed E-state index contributed by atoms with van der Waals surface area (Å²) in [5.74, 6) is 1.13. The fourth-order valence-electron chi connectivity index (χ4n) is 4.13. The molecule has 3 heterocycles. The maximum Gasteiger partial charge on any atom is 0.255 e. The molecule has 0 saturated carbocycles. The number of nitrogen functional groups attached to an aromatic ring is 1. The van der Waals surface area contributed by atoms with Crippen molar-refractivity contribution >= 4 is 35.0 Å². The number of amides is 1. The van der Waals surface area contributed by atoms with Crippen molar-refractivity contribution < 1.29 is 13.6 Å². The van der Waals surface area contributed by atoms with Gasteiger partial charge < -0.3 is 16.4 Å².